The van der Waals surface area contributed by atoms with Crippen LogP contribution in [0.3, 0.4) is 0 Å². The van der Waals surface area contributed by atoms with Crippen LogP contribution in [0.1, 0.15) is 22.5 Å². The molecule has 0 bridgehead atoms. The number of hydrogen-bond donors (Lipinski definition) is 2. The highest BCUT2D eigenvalue weighted by molar-refractivity contribution is 5.47. The summed E-state index contributed by atoms with van der Waals surface area (Å²) in [5, 5.41) is 10.1. The molecule has 0 saturated carbocycles. The van der Waals surface area contributed by atoms with Crippen LogP contribution in [-0.2, 0) is 6.54 Å². The van der Waals surface area contributed by atoms with E-state index in [1.54, 1.807) is 6.07 Å². The molecule has 0 radical (unpaired) electrons. The second-order valence-electron chi connectivity index (χ2n) is 4.25. The van der Waals surface area contributed by atoms with Gasteiger partial charge in [0.1, 0.15) is 5.82 Å². The Morgan fingerprint density at radius 1 is 1.29 bits per heavy atom. The molecule has 0 aliphatic carbocycles. The number of H-pyrrole nitrogens is 1. The Morgan fingerprint density at radius 3 is 2.65 bits per heavy atom. The molecule has 0 atom stereocenters. The third-order valence-electron chi connectivity index (χ3n) is 2.86. The van der Waals surface area contributed by atoms with Crippen LogP contribution in [0.15, 0.2) is 18.2 Å². The average Bonchev–Trinajstić information content (AvgIpc) is 2.58. The summed E-state index contributed by atoms with van der Waals surface area (Å²) in [6.07, 6.45) is 0. The van der Waals surface area contributed by atoms with Crippen LogP contribution in [-0.4, -0.2) is 10.2 Å². The van der Waals surface area contributed by atoms with Gasteiger partial charge in [0.25, 0.3) is 0 Å². The van der Waals surface area contributed by atoms with Crippen molar-refractivity contribution in [1.29, 1.82) is 0 Å². The monoisotopic (exact) mass is 233 g/mol. The van der Waals surface area contributed by atoms with E-state index in [-0.39, 0.29) is 5.82 Å². The van der Waals surface area contributed by atoms with E-state index in [0.29, 0.717) is 12.2 Å². The number of hydrogen-bond acceptors (Lipinski definition) is 2. The fourth-order valence-electron chi connectivity index (χ4n) is 1.78. The van der Waals surface area contributed by atoms with Crippen molar-refractivity contribution in [2.75, 3.05) is 5.32 Å². The lowest BCUT2D eigenvalue weighted by atomic mass is 10.2. The number of aromatic amines is 1. The van der Waals surface area contributed by atoms with Gasteiger partial charge in [-0.3, -0.25) is 5.10 Å². The van der Waals surface area contributed by atoms with E-state index < -0.39 is 0 Å². The van der Waals surface area contributed by atoms with Crippen molar-refractivity contribution in [2.45, 2.75) is 27.3 Å². The Balaban J connectivity index is 2.13. The number of nitrogens with one attached hydrogen (secondary N) is 2. The highest BCUT2D eigenvalue weighted by Crippen LogP contribution is 2.17. The normalized spacial score (nSPS) is 10.6. The lowest BCUT2D eigenvalue weighted by Gasteiger charge is -2.08. The minimum absolute atomic E-state index is 0.219. The Labute approximate surface area is 100 Å². The molecule has 4 heteroatoms. The van der Waals surface area contributed by atoms with Gasteiger partial charge in [-0.15, -0.1) is 0 Å². The molecule has 0 amide bonds. The molecule has 1 aromatic heterocycles. The fraction of sp³-hybridized carbons (Fsp3) is 0.308. The molecule has 0 aliphatic heterocycles. The van der Waals surface area contributed by atoms with Crippen molar-refractivity contribution in [3.8, 4) is 0 Å². The van der Waals surface area contributed by atoms with E-state index in [9.17, 15) is 4.39 Å². The molecule has 0 aliphatic rings. The Bertz CT molecular complexity index is 512. The number of aryl methyl sites for hydroxylation is 3. The predicted octanol–water partition coefficient (Wildman–Crippen LogP) is 3.09. The third kappa shape index (κ3) is 2.46. The van der Waals surface area contributed by atoms with Crippen LogP contribution in [0, 0.1) is 26.6 Å². The highest BCUT2D eigenvalue weighted by atomic mass is 19.1. The van der Waals surface area contributed by atoms with E-state index in [4.69, 9.17) is 0 Å². The Hall–Kier alpha value is -1.84. The molecule has 17 heavy (non-hydrogen) atoms. The highest BCUT2D eigenvalue weighted by Gasteiger charge is 2.07. The number of halogens is 1. The Morgan fingerprint density at radius 2 is 2.06 bits per heavy atom. The first kappa shape index (κ1) is 11.6. The number of rotatable bonds is 3. The quantitative estimate of drug-likeness (QED) is 0.855. The molecule has 0 saturated heterocycles. The molecule has 2 N–H and O–H groups in total. The minimum atomic E-state index is -0.219. The van der Waals surface area contributed by atoms with Gasteiger partial charge >= 0.3 is 0 Å². The zero-order valence-electron chi connectivity index (χ0n) is 10.3. The van der Waals surface area contributed by atoms with Crippen molar-refractivity contribution >= 4 is 5.69 Å². The van der Waals surface area contributed by atoms with Gasteiger partial charge in [-0.25, -0.2) is 4.39 Å². The van der Waals surface area contributed by atoms with Gasteiger partial charge in [-0.05, 0) is 38.5 Å². The number of aromatic nitrogens is 2. The van der Waals surface area contributed by atoms with Crippen LogP contribution in [0.5, 0.6) is 0 Å². The van der Waals surface area contributed by atoms with Gasteiger partial charge in [-0.2, -0.15) is 5.10 Å². The van der Waals surface area contributed by atoms with Gasteiger partial charge in [0.15, 0.2) is 0 Å². The first-order valence-electron chi connectivity index (χ1n) is 5.58. The first-order chi connectivity index (χ1) is 8.08. The number of benzene rings is 1. The molecular formula is C13H16FN3. The topological polar surface area (TPSA) is 40.7 Å². The molecule has 2 aromatic rings. The van der Waals surface area contributed by atoms with Gasteiger partial charge in [0.05, 0.1) is 11.4 Å². The molecule has 1 heterocycles. The van der Waals surface area contributed by atoms with E-state index >= 15 is 0 Å². The van der Waals surface area contributed by atoms with Crippen LogP contribution in [0.4, 0.5) is 10.1 Å². The average molecular weight is 233 g/mol. The second kappa shape index (κ2) is 4.57. The number of nitrogens with zero attached hydrogens (tertiary/aromatic N) is 1. The molecule has 0 unspecified atom stereocenters. The first-order valence-corrected chi connectivity index (χ1v) is 5.58. The maximum Gasteiger partial charge on any atom is 0.146 e. The molecule has 2 rings (SSSR count). The minimum Gasteiger partial charge on any atom is -0.378 e. The van der Waals surface area contributed by atoms with E-state index in [2.05, 4.69) is 15.5 Å². The zero-order chi connectivity index (χ0) is 12.4. The standard InChI is InChI=1S/C13H16FN3/c1-8-4-5-13(12(14)6-8)15-7-11-9(2)16-17-10(11)3/h4-6,15H,7H2,1-3H3,(H,16,17). The molecule has 1 aromatic carbocycles. The zero-order valence-corrected chi connectivity index (χ0v) is 10.3. The Kier molecular flexibility index (Phi) is 3.13. The predicted molar refractivity (Wildman–Crippen MR) is 66.5 cm³/mol. The smallest absolute Gasteiger partial charge is 0.146 e. The summed E-state index contributed by atoms with van der Waals surface area (Å²) in [4.78, 5) is 0. The van der Waals surface area contributed by atoms with Crippen molar-refractivity contribution in [3.05, 3.63) is 46.5 Å². The molecule has 0 spiro atoms. The summed E-state index contributed by atoms with van der Waals surface area (Å²) >= 11 is 0. The summed E-state index contributed by atoms with van der Waals surface area (Å²) < 4.78 is 13.6. The lowest BCUT2D eigenvalue weighted by Crippen LogP contribution is -2.03. The van der Waals surface area contributed by atoms with Crippen molar-refractivity contribution in [1.82, 2.24) is 10.2 Å². The van der Waals surface area contributed by atoms with Gasteiger partial charge in [-0.1, -0.05) is 6.07 Å². The lowest BCUT2D eigenvalue weighted by molar-refractivity contribution is 0.629. The maximum atomic E-state index is 13.6. The third-order valence-corrected chi connectivity index (χ3v) is 2.86. The molecule has 90 valence electrons. The molecule has 3 nitrogen and oxygen atoms in total. The van der Waals surface area contributed by atoms with E-state index in [0.717, 1.165) is 22.5 Å². The summed E-state index contributed by atoms with van der Waals surface area (Å²) in [5.74, 6) is -0.219. The SMILES string of the molecule is Cc1ccc(NCc2c(C)n[nH]c2C)c(F)c1. The van der Waals surface area contributed by atoms with Crippen LogP contribution < -0.4 is 5.32 Å². The van der Waals surface area contributed by atoms with Crippen molar-refractivity contribution in [2.24, 2.45) is 0 Å². The summed E-state index contributed by atoms with van der Waals surface area (Å²) in [6, 6.07) is 5.17. The maximum absolute atomic E-state index is 13.6. The molecule has 0 fully saturated rings. The summed E-state index contributed by atoms with van der Waals surface area (Å²) in [7, 11) is 0. The molecular weight excluding hydrogens is 217 g/mol. The van der Waals surface area contributed by atoms with E-state index in [1.807, 2.05) is 26.8 Å². The van der Waals surface area contributed by atoms with Gasteiger partial charge in [0, 0.05) is 17.8 Å². The van der Waals surface area contributed by atoms with Crippen molar-refractivity contribution in [3.63, 3.8) is 0 Å². The van der Waals surface area contributed by atoms with Gasteiger partial charge in [0.2, 0.25) is 0 Å². The van der Waals surface area contributed by atoms with Crippen LogP contribution >= 0.6 is 0 Å². The number of anilines is 1. The summed E-state index contributed by atoms with van der Waals surface area (Å²) in [6.45, 7) is 6.35. The van der Waals surface area contributed by atoms with Gasteiger partial charge < -0.3 is 5.32 Å². The van der Waals surface area contributed by atoms with E-state index in [1.165, 1.54) is 6.07 Å². The second-order valence-corrected chi connectivity index (χ2v) is 4.25. The van der Waals surface area contributed by atoms with Crippen LogP contribution in [0.25, 0.3) is 0 Å². The summed E-state index contributed by atoms with van der Waals surface area (Å²) in [5.41, 5.74) is 4.49. The fourth-order valence-corrected chi connectivity index (χ4v) is 1.78. The largest absolute Gasteiger partial charge is 0.378 e. The van der Waals surface area contributed by atoms with Crippen LogP contribution in [0.2, 0.25) is 0 Å². The van der Waals surface area contributed by atoms with Crippen molar-refractivity contribution < 1.29 is 4.39 Å².